The molecule has 1 aliphatic rings. The van der Waals surface area contributed by atoms with E-state index in [2.05, 4.69) is 125 Å². The number of hydrogen-bond acceptors (Lipinski definition) is 4. The minimum absolute atomic E-state index is 0.874. The van der Waals surface area contributed by atoms with Crippen molar-refractivity contribution in [3.8, 4) is 44.8 Å². The Labute approximate surface area is 238 Å². The lowest BCUT2D eigenvalue weighted by Gasteiger charge is -2.32. The van der Waals surface area contributed by atoms with Crippen molar-refractivity contribution in [2.24, 2.45) is 0 Å². The van der Waals surface area contributed by atoms with Crippen molar-refractivity contribution in [3.63, 3.8) is 0 Å². The normalized spacial score (nSPS) is 11.9. The van der Waals surface area contributed by atoms with Crippen LogP contribution in [0.1, 0.15) is 0 Å². The molecule has 2 aromatic heterocycles. The van der Waals surface area contributed by atoms with E-state index in [0.717, 1.165) is 67.3 Å². The first-order valence-corrected chi connectivity index (χ1v) is 13.7. The molecule has 4 nitrogen and oxygen atoms in total. The first kappa shape index (κ1) is 23.3. The zero-order chi connectivity index (χ0) is 27.2. The Kier molecular flexibility index (Phi) is 5.42. The molecule has 0 saturated carbocycles. The van der Waals surface area contributed by atoms with Gasteiger partial charge in [-0.25, -0.2) is 15.0 Å². The number of anilines is 3. The van der Waals surface area contributed by atoms with Crippen LogP contribution in [0.2, 0.25) is 0 Å². The Morgan fingerprint density at radius 3 is 1.95 bits per heavy atom. The van der Waals surface area contributed by atoms with Crippen LogP contribution in [0.4, 0.5) is 17.2 Å². The average molecular weight is 525 g/mol. The first-order chi connectivity index (χ1) is 20.3. The van der Waals surface area contributed by atoms with Crippen LogP contribution in [-0.4, -0.2) is 15.0 Å². The van der Waals surface area contributed by atoms with Gasteiger partial charge in [-0.05, 0) is 64.5 Å². The summed E-state index contributed by atoms with van der Waals surface area (Å²) in [5.74, 6) is 0.874. The van der Waals surface area contributed by atoms with Gasteiger partial charge in [0.1, 0.15) is 12.1 Å². The second-order valence-corrected chi connectivity index (χ2v) is 10.2. The van der Waals surface area contributed by atoms with E-state index in [0.29, 0.717) is 0 Å². The molecular weight excluding hydrogens is 500 g/mol. The van der Waals surface area contributed by atoms with Crippen LogP contribution in [0.25, 0.3) is 55.5 Å². The molecule has 7 aromatic rings. The molecule has 41 heavy (non-hydrogen) atoms. The number of nitrogens with zero attached hydrogens (tertiary/aromatic N) is 4. The van der Waals surface area contributed by atoms with Gasteiger partial charge in [0.25, 0.3) is 0 Å². The number of aromatic nitrogens is 3. The summed E-state index contributed by atoms with van der Waals surface area (Å²) in [6, 6.07) is 46.6. The molecule has 192 valence electrons. The van der Waals surface area contributed by atoms with E-state index in [1.54, 1.807) is 6.33 Å². The van der Waals surface area contributed by atoms with E-state index in [1.807, 2.05) is 24.4 Å². The van der Waals surface area contributed by atoms with Gasteiger partial charge in [-0.15, -0.1) is 0 Å². The van der Waals surface area contributed by atoms with Gasteiger partial charge in [0.15, 0.2) is 0 Å². The van der Waals surface area contributed by atoms with Crippen molar-refractivity contribution in [2.75, 3.05) is 4.90 Å². The lowest BCUT2D eigenvalue weighted by Crippen LogP contribution is -2.16. The maximum Gasteiger partial charge on any atom is 0.148 e. The molecule has 0 saturated heterocycles. The van der Waals surface area contributed by atoms with E-state index in [9.17, 15) is 0 Å². The third-order valence-electron chi connectivity index (χ3n) is 7.70. The van der Waals surface area contributed by atoms with Gasteiger partial charge < -0.3 is 0 Å². The van der Waals surface area contributed by atoms with Crippen LogP contribution in [-0.2, 0) is 0 Å². The number of pyridine rings is 1. The molecule has 5 aromatic carbocycles. The lowest BCUT2D eigenvalue weighted by molar-refractivity contribution is 1.11. The maximum absolute atomic E-state index is 5.20. The molecule has 1 aliphatic heterocycles. The van der Waals surface area contributed by atoms with Crippen LogP contribution in [0.15, 0.2) is 146 Å². The summed E-state index contributed by atoms with van der Waals surface area (Å²) in [4.78, 5) is 16.6. The van der Waals surface area contributed by atoms with Gasteiger partial charge >= 0.3 is 0 Å². The van der Waals surface area contributed by atoms with Gasteiger partial charge in [0.05, 0.1) is 17.1 Å². The van der Waals surface area contributed by atoms with Crippen molar-refractivity contribution in [2.45, 2.75) is 0 Å². The zero-order valence-corrected chi connectivity index (χ0v) is 22.1. The fourth-order valence-corrected chi connectivity index (χ4v) is 5.83. The molecule has 0 bridgehead atoms. The summed E-state index contributed by atoms with van der Waals surface area (Å²) in [6.07, 6.45) is 3.55. The second-order valence-electron chi connectivity index (χ2n) is 10.2. The fourth-order valence-electron chi connectivity index (χ4n) is 5.83. The van der Waals surface area contributed by atoms with Crippen LogP contribution in [0, 0.1) is 0 Å². The van der Waals surface area contributed by atoms with Gasteiger partial charge in [0.2, 0.25) is 0 Å². The number of fused-ring (bicyclic) bond motifs is 2. The quantitative estimate of drug-likeness (QED) is 0.230. The Bertz CT molecular complexity index is 1980. The van der Waals surface area contributed by atoms with E-state index in [1.165, 1.54) is 5.39 Å². The SMILES string of the molecule is c1ccc(-c2cc(-c3ccccc3)nc(-c3cc4c5c(cccc5c3)N(c3ccccc3)c3ncncc3-4)c2)cc1. The molecule has 0 unspecified atom stereocenters. The van der Waals surface area contributed by atoms with Gasteiger partial charge in [-0.3, -0.25) is 4.90 Å². The monoisotopic (exact) mass is 524 g/mol. The third kappa shape index (κ3) is 3.97. The number of para-hydroxylation sites is 1. The Morgan fingerprint density at radius 1 is 0.512 bits per heavy atom. The minimum Gasteiger partial charge on any atom is -0.294 e. The highest BCUT2D eigenvalue weighted by Gasteiger charge is 2.28. The van der Waals surface area contributed by atoms with E-state index < -0.39 is 0 Å². The first-order valence-electron chi connectivity index (χ1n) is 13.7. The molecule has 0 atom stereocenters. The standard InChI is InChI=1S/C37H24N4/c1-4-11-25(12-5-1)28-21-33(26-13-6-2-7-14-26)40-34(22-28)29-19-27-15-10-18-35-36(27)31(20-29)32-23-38-24-39-37(32)41(35)30-16-8-3-9-17-30/h1-24H. The molecule has 0 aliphatic carbocycles. The third-order valence-corrected chi connectivity index (χ3v) is 7.70. The molecule has 3 heterocycles. The number of hydrogen-bond donors (Lipinski definition) is 0. The Morgan fingerprint density at radius 2 is 1.20 bits per heavy atom. The number of benzene rings is 5. The zero-order valence-electron chi connectivity index (χ0n) is 22.1. The van der Waals surface area contributed by atoms with E-state index >= 15 is 0 Å². The van der Waals surface area contributed by atoms with Crippen molar-refractivity contribution < 1.29 is 0 Å². The fraction of sp³-hybridized carbons (Fsp3) is 0. The van der Waals surface area contributed by atoms with E-state index in [-0.39, 0.29) is 0 Å². The molecule has 0 radical (unpaired) electrons. The molecule has 8 rings (SSSR count). The molecule has 0 amide bonds. The van der Waals surface area contributed by atoms with Crippen molar-refractivity contribution >= 4 is 28.0 Å². The summed E-state index contributed by atoms with van der Waals surface area (Å²) in [5.41, 5.74) is 10.6. The topological polar surface area (TPSA) is 41.9 Å². The summed E-state index contributed by atoms with van der Waals surface area (Å²) >= 11 is 0. The van der Waals surface area contributed by atoms with E-state index in [4.69, 9.17) is 9.97 Å². The van der Waals surface area contributed by atoms with Crippen LogP contribution >= 0.6 is 0 Å². The molecular formula is C37H24N4. The highest BCUT2D eigenvalue weighted by atomic mass is 15.2. The predicted octanol–water partition coefficient (Wildman–Crippen LogP) is 9.48. The largest absolute Gasteiger partial charge is 0.294 e. The summed E-state index contributed by atoms with van der Waals surface area (Å²) in [7, 11) is 0. The average Bonchev–Trinajstić information content (AvgIpc) is 3.06. The minimum atomic E-state index is 0.874. The lowest BCUT2D eigenvalue weighted by atomic mass is 9.90. The smallest absolute Gasteiger partial charge is 0.148 e. The Balaban J connectivity index is 1.38. The van der Waals surface area contributed by atoms with Crippen LogP contribution in [0.5, 0.6) is 0 Å². The van der Waals surface area contributed by atoms with Gasteiger partial charge in [-0.2, -0.15) is 0 Å². The molecule has 0 fully saturated rings. The summed E-state index contributed by atoms with van der Waals surface area (Å²) in [5, 5.41) is 2.34. The highest BCUT2D eigenvalue weighted by molar-refractivity contribution is 6.14. The predicted molar refractivity (Wildman–Crippen MR) is 167 cm³/mol. The van der Waals surface area contributed by atoms with Crippen LogP contribution in [0.3, 0.4) is 0 Å². The van der Waals surface area contributed by atoms with Crippen LogP contribution < -0.4 is 4.90 Å². The summed E-state index contributed by atoms with van der Waals surface area (Å²) < 4.78 is 0. The summed E-state index contributed by atoms with van der Waals surface area (Å²) in [6.45, 7) is 0. The van der Waals surface area contributed by atoms with Crippen molar-refractivity contribution in [3.05, 3.63) is 146 Å². The van der Waals surface area contributed by atoms with Gasteiger partial charge in [0, 0.05) is 34.0 Å². The molecule has 0 spiro atoms. The van der Waals surface area contributed by atoms with Crippen molar-refractivity contribution in [1.29, 1.82) is 0 Å². The Hall–Kier alpha value is -5.61. The van der Waals surface area contributed by atoms with Gasteiger partial charge in [-0.1, -0.05) is 91.0 Å². The maximum atomic E-state index is 5.20. The van der Waals surface area contributed by atoms with Crippen molar-refractivity contribution in [1.82, 2.24) is 15.0 Å². The highest BCUT2D eigenvalue weighted by Crippen LogP contribution is 2.50. The second kappa shape index (κ2) is 9.54. The molecule has 0 N–H and O–H groups in total. The molecule has 4 heteroatoms. The number of rotatable bonds is 4.